The highest BCUT2D eigenvalue weighted by Crippen LogP contribution is 2.23. The summed E-state index contributed by atoms with van der Waals surface area (Å²) in [5.41, 5.74) is 3.42. The zero-order chi connectivity index (χ0) is 33.3. The highest BCUT2D eigenvalue weighted by Gasteiger charge is 2.35. The lowest BCUT2D eigenvalue weighted by atomic mass is 9.97. The van der Waals surface area contributed by atoms with Crippen LogP contribution in [0.15, 0.2) is 79.3 Å². The summed E-state index contributed by atoms with van der Waals surface area (Å²) in [5, 5.41) is 24.3. The van der Waals surface area contributed by atoms with Crippen molar-refractivity contribution >= 4 is 28.6 Å². The number of aliphatic carboxylic acids is 1. The van der Waals surface area contributed by atoms with Gasteiger partial charge >= 0.3 is 5.97 Å². The van der Waals surface area contributed by atoms with Crippen molar-refractivity contribution in [1.29, 1.82) is 5.26 Å². The van der Waals surface area contributed by atoms with Crippen LogP contribution in [0.25, 0.3) is 10.8 Å². The van der Waals surface area contributed by atoms with E-state index in [0.717, 1.165) is 34.0 Å². The SMILES string of the molecule is CC[C@H](C)[C@@H](CN(CC(=O)N1CCC[C@H]1C(=O)O)Cc1cccc2ccccc12)NC(=O)Cc1cncn1Cc1ccc(C#N)cc1. The van der Waals surface area contributed by atoms with E-state index in [1.54, 1.807) is 24.7 Å². The first-order valence-corrected chi connectivity index (χ1v) is 16.2. The van der Waals surface area contributed by atoms with Gasteiger partial charge in [-0.25, -0.2) is 9.78 Å². The summed E-state index contributed by atoms with van der Waals surface area (Å²) < 4.78 is 1.93. The number of fused-ring (bicyclic) bond motifs is 1. The maximum atomic E-state index is 13.6. The van der Waals surface area contributed by atoms with Crippen LogP contribution in [0, 0.1) is 17.2 Å². The third-order valence-electron chi connectivity index (χ3n) is 9.20. The van der Waals surface area contributed by atoms with E-state index in [-0.39, 0.29) is 36.7 Å². The molecule has 10 heteroatoms. The quantitative estimate of drug-likeness (QED) is 0.207. The van der Waals surface area contributed by atoms with Crippen LogP contribution in [0.3, 0.4) is 0 Å². The zero-order valence-corrected chi connectivity index (χ0v) is 27.0. The van der Waals surface area contributed by atoms with Crippen LogP contribution in [0.2, 0.25) is 0 Å². The van der Waals surface area contributed by atoms with Crippen LogP contribution in [-0.4, -0.2) is 74.0 Å². The van der Waals surface area contributed by atoms with Gasteiger partial charge in [0.1, 0.15) is 6.04 Å². The number of rotatable bonds is 14. The normalized spacial score (nSPS) is 15.8. The van der Waals surface area contributed by atoms with Gasteiger partial charge in [-0.05, 0) is 52.8 Å². The van der Waals surface area contributed by atoms with Crippen LogP contribution < -0.4 is 5.32 Å². The van der Waals surface area contributed by atoms with Gasteiger partial charge in [0.15, 0.2) is 0 Å². The number of likely N-dealkylation sites (tertiary alicyclic amines) is 1. The van der Waals surface area contributed by atoms with E-state index in [1.807, 2.05) is 39.8 Å². The number of amides is 2. The topological polar surface area (TPSA) is 132 Å². The highest BCUT2D eigenvalue weighted by molar-refractivity contribution is 5.87. The molecule has 244 valence electrons. The maximum absolute atomic E-state index is 13.6. The second kappa shape index (κ2) is 15.5. The van der Waals surface area contributed by atoms with E-state index in [4.69, 9.17) is 5.26 Å². The molecular formula is C37H42N6O4. The molecular weight excluding hydrogens is 592 g/mol. The summed E-state index contributed by atoms with van der Waals surface area (Å²) in [6.45, 7) is 6.08. The number of nitrogens with one attached hydrogen (secondary N) is 1. The average molecular weight is 635 g/mol. The number of carbonyl (C=O) groups excluding carboxylic acids is 2. The minimum atomic E-state index is -0.973. The molecule has 1 fully saturated rings. The number of carboxylic acids is 1. The number of hydrogen-bond donors (Lipinski definition) is 2. The van der Waals surface area contributed by atoms with Crippen molar-refractivity contribution in [1.82, 2.24) is 24.7 Å². The van der Waals surface area contributed by atoms with Gasteiger partial charge in [0.25, 0.3) is 0 Å². The first kappa shape index (κ1) is 33.4. The molecule has 1 aliphatic heterocycles. The molecule has 4 aromatic rings. The molecule has 2 heterocycles. The minimum absolute atomic E-state index is 0.0488. The Kier molecular flexibility index (Phi) is 11.0. The molecule has 3 aromatic carbocycles. The Morgan fingerprint density at radius 2 is 1.87 bits per heavy atom. The van der Waals surface area contributed by atoms with Crippen LogP contribution in [0.4, 0.5) is 0 Å². The molecule has 10 nitrogen and oxygen atoms in total. The lowest BCUT2D eigenvalue weighted by Gasteiger charge is -2.33. The van der Waals surface area contributed by atoms with Gasteiger partial charge in [-0.15, -0.1) is 0 Å². The van der Waals surface area contributed by atoms with E-state index < -0.39 is 12.0 Å². The predicted molar refractivity (Wildman–Crippen MR) is 179 cm³/mol. The van der Waals surface area contributed by atoms with Crippen molar-refractivity contribution in [3.8, 4) is 6.07 Å². The summed E-state index contributed by atoms with van der Waals surface area (Å²) in [4.78, 5) is 46.9. The number of carbonyl (C=O) groups is 3. The molecule has 1 saturated heterocycles. The van der Waals surface area contributed by atoms with Crippen molar-refractivity contribution in [2.24, 2.45) is 5.92 Å². The molecule has 2 N–H and O–H groups in total. The first-order valence-electron chi connectivity index (χ1n) is 16.2. The number of carboxylic acid groups (broad SMARTS) is 1. The van der Waals surface area contributed by atoms with Crippen LogP contribution in [0.5, 0.6) is 0 Å². The molecule has 0 unspecified atom stereocenters. The monoisotopic (exact) mass is 634 g/mol. The van der Waals surface area contributed by atoms with E-state index in [2.05, 4.69) is 54.5 Å². The molecule has 1 aliphatic rings. The fourth-order valence-corrected chi connectivity index (χ4v) is 6.33. The van der Waals surface area contributed by atoms with Crippen molar-refractivity contribution in [2.75, 3.05) is 19.6 Å². The van der Waals surface area contributed by atoms with Crippen molar-refractivity contribution in [2.45, 2.75) is 64.7 Å². The molecule has 0 radical (unpaired) electrons. The van der Waals surface area contributed by atoms with Crippen molar-refractivity contribution < 1.29 is 19.5 Å². The standard InChI is InChI=1S/C37H42N6O4/c1-3-26(2)33(40-35(44)18-31-20-39-25-42(31)21-28-15-13-27(19-38)14-16-28)23-41(24-36(45)43-17-7-12-34(43)37(46)47)22-30-10-6-9-29-8-4-5-11-32(29)30/h4-6,8-11,13-16,20,25-26,33-34H,3,7,12,17-18,21-24H2,1-2H3,(H,40,44)(H,46,47)/t26-,33+,34-/m0/s1. The number of nitriles is 1. The fraction of sp³-hybridized carbons (Fsp3) is 0.378. The van der Waals surface area contributed by atoms with Gasteiger partial charge < -0.3 is 19.9 Å². The smallest absolute Gasteiger partial charge is 0.326 e. The van der Waals surface area contributed by atoms with E-state index in [0.29, 0.717) is 44.6 Å². The molecule has 2 amide bonds. The highest BCUT2D eigenvalue weighted by atomic mass is 16.4. The Morgan fingerprint density at radius 3 is 2.62 bits per heavy atom. The first-order chi connectivity index (χ1) is 22.7. The molecule has 47 heavy (non-hydrogen) atoms. The second-order valence-corrected chi connectivity index (χ2v) is 12.4. The molecule has 0 saturated carbocycles. The van der Waals surface area contributed by atoms with Gasteiger partial charge in [0.2, 0.25) is 11.8 Å². The van der Waals surface area contributed by atoms with E-state index in [1.165, 1.54) is 4.90 Å². The van der Waals surface area contributed by atoms with Gasteiger partial charge in [0.05, 0.1) is 30.9 Å². The van der Waals surface area contributed by atoms with E-state index in [9.17, 15) is 19.5 Å². The van der Waals surface area contributed by atoms with Crippen molar-refractivity contribution in [3.63, 3.8) is 0 Å². The Hall–Kier alpha value is -5.01. The van der Waals surface area contributed by atoms with E-state index >= 15 is 0 Å². The van der Waals surface area contributed by atoms with Crippen LogP contribution in [0.1, 0.15) is 55.5 Å². The Labute approximate surface area is 275 Å². The number of nitrogens with zero attached hydrogens (tertiary/aromatic N) is 5. The molecule has 5 rings (SSSR count). The summed E-state index contributed by atoms with van der Waals surface area (Å²) in [5.74, 6) is -1.21. The zero-order valence-electron chi connectivity index (χ0n) is 27.0. The Morgan fingerprint density at radius 1 is 1.11 bits per heavy atom. The summed E-state index contributed by atoms with van der Waals surface area (Å²) >= 11 is 0. The third-order valence-corrected chi connectivity index (χ3v) is 9.20. The molecule has 0 spiro atoms. The average Bonchev–Trinajstić information content (AvgIpc) is 3.75. The number of benzene rings is 3. The number of imidazole rings is 1. The lowest BCUT2D eigenvalue weighted by Crippen LogP contribution is -2.51. The Balaban J connectivity index is 1.33. The largest absolute Gasteiger partial charge is 0.480 e. The van der Waals surface area contributed by atoms with Crippen LogP contribution >= 0.6 is 0 Å². The number of aromatic nitrogens is 2. The second-order valence-electron chi connectivity index (χ2n) is 12.4. The predicted octanol–water partition coefficient (Wildman–Crippen LogP) is 4.61. The molecule has 0 aliphatic carbocycles. The summed E-state index contributed by atoms with van der Waals surface area (Å²) in [7, 11) is 0. The van der Waals surface area contributed by atoms with Gasteiger partial charge in [-0.3, -0.25) is 14.5 Å². The summed E-state index contributed by atoms with van der Waals surface area (Å²) in [6, 6.07) is 22.7. The van der Waals surface area contributed by atoms with Crippen molar-refractivity contribution in [3.05, 3.63) is 102 Å². The number of hydrogen-bond acceptors (Lipinski definition) is 6. The molecule has 0 bridgehead atoms. The van der Waals surface area contributed by atoms with Gasteiger partial charge in [-0.1, -0.05) is 74.9 Å². The summed E-state index contributed by atoms with van der Waals surface area (Å²) in [6.07, 6.45) is 5.48. The maximum Gasteiger partial charge on any atom is 0.326 e. The fourth-order valence-electron chi connectivity index (χ4n) is 6.33. The Bertz CT molecular complexity index is 1740. The molecule has 1 aromatic heterocycles. The minimum Gasteiger partial charge on any atom is -0.480 e. The third kappa shape index (κ3) is 8.43. The lowest BCUT2D eigenvalue weighted by molar-refractivity contribution is -0.148. The van der Waals surface area contributed by atoms with Crippen LogP contribution in [-0.2, 0) is 33.9 Å². The molecule has 3 atom stereocenters. The van der Waals surface area contributed by atoms with Gasteiger partial charge in [0, 0.05) is 44.1 Å². The van der Waals surface area contributed by atoms with Gasteiger partial charge in [-0.2, -0.15) is 5.26 Å².